The van der Waals surface area contributed by atoms with Crippen LogP contribution < -0.4 is 10.9 Å². The van der Waals surface area contributed by atoms with Gasteiger partial charge >= 0.3 is 5.63 Å². The average molecular weight is 345 g/mol. The number of rotatable bonds is 4. The van der Waals surface area contributed by atoms with Crippen LogP contribution in [0, 0.1) is 13.8 Å². The van der Waals surface area contributed by atoms with E-state index < -0.39 is 0 Å². The highest BCUT2D eigenvalue weighted by atomic mass is 16.4. The Morgan fingerprint density at radius 1 is 0.923 bits per heavy atom. The second-order valence-corrected chi connectivity index (χ2v) is 6.40. The smallest absolute Gasteiger partial charge is 0.347 e. The van der Waals surface area contributed by atoms with E-state index in [0.29, 0.717) is 29.2 Å². The molecule has 4 aromatic rings. The zero-order chi connectivity index (χ0) is 18.1. The quantitative estimate of drug-likeness (QED) is 0.546. The van der Waals surface area contributed by atoms with Gasteiger partial charge in [0.25, 0.3) is 0 Å². The van der Waals surface area contributed by atoms with E-state index in [1.165, 1.54) is 0 Å². The summed E-state index contributed by atoms with van der Waals surface area (Å²) in [7, 11) is 0. The summed E-state index contributed by atoms with van der Waals surface area (Å²) < 4.78 is 11.3. The maximum atomic E-state index is 12.5. The van der Waals surface area contributed by atoms with Crippen LogP contribution >= 0.6 is 0 Å². The molecule has 1 N–H and O–H groups in total. The fourth-order valence-corrected chi connectivity index (χ4v) is 3.06. The van der Waals surface area contributed by atoms with Gasteiger partial charge < -0.3 is 14.2 Å². The lowest BCUT2D eigenvalue weighted by molar-refractivity contribution is 0.485. The van der Waals surface area contributed by atoms with Crippen LogP contribution in [0.1, 0.15) is 16.9 Å². The van der Waals surface area contributed by atoms with Crippen LogP contribution in [0.3, 0.4) is 0 Å². The van der Waals surface area contributed by atoms with Crippen LogP contribution in [0.25, 0.3) is 22.1 Å². The van der Waals surface area contributed by atoms with Gasteiger partial charge in [0.1, 0.15) is 16.7 Å². The molecule has 4 rings (SSSR count). The summed E-state index contributed by atoms with van der Waals surface area (Å²) in [5.74, 6) is 1.10. The van der Waals surface area contributed by atoms with Crippen LogP contribution in [-0.4, -0.2) is 0 Å². The zero-order valence-corrected chi connectivity index (χ0v) is 14.7. The van der Waals surface area contributed by atoms with Crippen LogP contribution in [-0.2, 0) is 6.54 Å². The molecule has 0 aliphatic heterocycles. The van der Waals surface area contributed by atoms with Crippen molar-refractivity contribution in [2.75, 3.05) is 5.32 Å². The minimum absolute atomic E-state index is 0.382. The molecule has 2 heterocycles. The van der Waals surface area contributed by atoms with Crippen molar-refractivity contribution >= 4 is 16.9 Å². The molecule has 2 aromatic carbocycles. The number of nitrogens with one attached hydrogen (secondary N) is 1. The highest BCUT2D eigenvalue weighted by Gasteiger charge is 2.20. The van der Waals surface area contributed by atoms with Crippen molar-refractivity contribution < 1.29 is 8.83 Å². The molecule has 0 fully saturated rings. The lowest BCUT2D eigenvalue weighted by Crippen LogP contribution is -2.02. The molecular formula is C22H19NO3. The highest BCUT2D eigenvalue weighted by molar-refractivity contribution is 5.99. The first kappa shape index (κ1) is 16.2. The second kappa shape index (κ2) is 6.56. The minimum Gasteiger partial charge on any atom is -0.440 e. The standard InChI is InChI=1S/C22H19NO3/c1-14-8-10-17(11-9-14)19-20-18(12-15(2)25-22(20)24)26-21(19)23-13-16-6-4-3-5-7-16/h3-12,23H,13H2,1-2H3. The summed E-state index contributed by atoms with van der Waals surface area (Å²) >= 11 is 0. The molecule has 4 heteroatoms. The Bertz CT molecular complexity index is 1110. The van der Waals surface area contributed by atoms with Gasteiger partial charge in [-0.1, -0.05) is 60.2 Å². The Balaban J connectivity index is 1.85. The third-order valence-corrected chi connectivity index (χ3v) is 4.36. The molecule has 0 bridgehead atoms. The third kappa shape index (κ3) is 3.02. The van der Waals surface area contributed by atoms with Gasteiger partial charge in [0.05, 0.1) is 5.56 Å². The van der Waals surface area contributed by atoms with Gasteiger partial charge in [-0.3, -0.25) is 0 Å². The largest absolute Gasteiger partial charge is 0.440 e. The summed E-state index contributed by atoms with van der Waals surface area (Å²) in [5, 5.41) is 3.80. The Hall–Kier alpha value is -3.27. The van der Waals surface area contributed by atoms with Crippen LogP contribution in [0.5, 0.6) is 0 Å². The van der Waals surface area contributed by atoms with Crippen molar-refractivity contribution in [3.63, 3.8) is 0 Å². The number of aryl methyl sites for hydroxylation is 2. The van der Waals surface area contributed by atoms with Gasteiger partial charge in [-0.2, -0.15) is 0 Å². The lowest BCUT2D eigenvalue weighted by Gasteiger charge is -2.07. The molecule has 0 amide bonds. The summed E-state index contributed by atoms with van der Waals surface area (Å²) in [6.07, 6.45) is 0. The maximum absolute atomic E-state index is 12.5. The van der Waals surface area contributed by atoms with Gasteiger partial charge in [0, 0.05) is 12.6 Å². The molecule has 4 nitrogen and oxygen atoms in total. The number of hydrogen-bond acceptors (Lipinski definition) is 4. The SMILES string of the molecule is Cc1ccc(-c2c(NCc3ccccc3)oc3cc(C)oc(=O)c23)cc1. The lowest BCUT2D eigenvalue weighted by atomic mass is 10.0. The normalized spacial score (nSPS) is 11.0. The van der Waals surface area contributed by atoms with E-state index in [9.17, 15) is 4.79 Å². The predicted octanol–water partition coefficient (Wildman–Crippen LogP) is 5.28. The van der Waals surface area contributed by atoms with Crippen LogP contribution in [0.15, 0.2) is 74.3 Å². The van der Waals surface area contributed by atoms with Crippen molar-refractivity contribution in [2.24, 2.45) is 0 Å². The number of anilines is 1. The molecule has 26 heavy (non-hydrogen) atoms. The first-order valence-electron chi connectivity index (χ1n) is 8.54. The number of furan rings is 1. The first-order valence-corrected chi connectivity index (χ1v) is 8.54. The predicted molar refractivity (Wildman–Crippen MR) is 103 cm³/mol. The van der Waals surface area contributed by atoms with Gasteiger partial charge in [0.15, 0.2) is 0 Å². The number of fused-ring (bicyclic) bond motifs is 1. The molecule has 0 unspecified atom stereocenters. The van der Waals surface area contributed by atoms with Crippen LogP contribution in [0.2, 0.25) is 0 Å². The number of hydrogen-bond donors (Lipinski definition) is 1. The van der Waals surface area contributed by atoms with Gasteiger partial charge in [0.2, 0.25) is 5.88 Å². The Morgan fingerprint density at radius 2 is 1.65 bits per heavy atom. The van der Waals surface area contributed by atoms with Crippen LogP contribution in [0.4, 0.5) is 5.88 Å². The van der Waals surface area contributed by atoms with E-state index in [0.717, 1.165) is 22.3 Å². The van der Waals surface area contributed by atoms with Crippen molar-refractivity contribution in [2.45, 2.75) is 20.4 Å². The van der Waals surface area contributed by atoms with Crippen molar-refractivity contribution in [1.82, 2.24) is 0 Å². The summed E-state index contributed by atoms with van der Waals surface area (Å²) in [6, 6.07) is 19.8. The maximum Gasteiger partial charge on any atom is 0.347 e. The molecule has 0 saturated heterocycles. The van der Waals surface area contributed by atoms with Gasteiger partial charge in [-0.05, 0) is 25.0 Å². The van der Waals surface area contributed by atoms with E-state index in [1.54, 1.807) is 13.0 Å². The molecule has 0 radical (unpaired) electrons. The van der Waals surface area contributed by atoms with E-state index in [1.807, 2.05) is 61.5 Å². The van der Waals surface area contributed by atoms with E-state index in [4.69, 9.17) is 8.83 Å². The first-order chi connectivity index (χ1) is 12.6. The molecule has 2 aromatic heterocycles. The summed E-state index contributed by atoms with van der Waals surface area (Å²) in [5.41, 5.74) is 4.09. The second-order valence-electron chi connectivity index (χ2n) is 6.40. The zero-order valence-electron chi connectivity index (χ0n) is 14.7. The van der Waals surface area contributed by atoms with E-state index in [-0.39, 0.29) is 5.63 Å². The van der Waals surface area contributed by atoms with Crippen molar-refractivity contribution in [3.05, 3.63) is 88.0 Å². The molecule has 0 aliphatic rings. The molecule has 0 saturated carbocycles. The van der Waals surface area contributed by atoms with Gasteiger partial charge in [-0.15, -0.1) is 0 Å². The summed E-state index contributed by atoms with van der Waals surface area (Å²) in [6.45, 7) is 4.37. The Kier molecular flexibility index (Phi) is 4.09. The molecular weight excluding hydrogens is 326 g/mol. The molecule has 0 atom stereocenters. The fraction of sp³-hybridized carbons (Fsp3) is 0.136. The average Bonchev–Trinajstić information content (AvgIpc) is 3.00. The number of benzene rings is 2. The van der Waals surface area contributed by atoms with Gasteiger partial charge in [-0.25, -0.2) is 4.79 Å². The third-order valence-electron chi connectivity index (χ3n) is 4.36. The molecule has 0 spiro atoms. The van der Waals surface area contributed by atoms with E-state index >= 15 is 0 Å². The Morgan fingerprint density at radius 3 is 2.38 bits per heavy atom. The fourth-order valence-electron chi connectivity index (χ4n) is 3.06. The van der Waals surface area contributed by atoms with Crippen molar-refractivity contribution in [1.29, 1.82) is 0 Å². The molecule has 0 aliphatic carbocycles. The van der Waals surface area contributed by atoms with E-state index in [2.05, 4.69) is 5.32 Å². The Labute approximate surface area is 151 Å². The summed E-state index contributed by atoms with van der Waals surface area (Å²) in [4.78, 5) is 12.5. The topological polar surface area (TPSA) is 55.4 Å². The minimum atomic E-state index is -0.382. The monoisotopic (exact) mass is 345 g/mol. The molecule has 130 valence electrons. The van der Waals surface area contributed by atoms with Crippen molar-refractivity contribution in [3.8, 4) is 11.1 Å². The highest BCUT2D eigenvalue weighted by Crippen LogP contribution is 2.37.